The summed E-state index contributed by atoms with van der Waals surface area (Å²) in [5.74, 6) is -0.941. The molecule has 0 amide bonds. The summed E-state index contributed by atoms with van der Waals surface area (Å²) in [5.41, 5.74) is -0.685. The van der Waals surface area contributed by atoms with E-state index in [1.807, 2.05) is 6.07 Å². The van der Waals surface area contributed by atoms with Crippen LogP contribution in [0.25, 0.3) is 11.1 Å². The van der Waals surface area contributed by atoms with Crippen LogP contribution in [0.1, 0.15) is 21.5 Å². The van der Waals surface area contributed by atoms with Crippen LogP contribution < -0.4 is 9.46 Å². The van der Waals surface area contributed by atoms with E-state index in [1.165, 1.54) is 43.5 Å². The number of carbonyl (C=O) groups excluding carboxylic acids is 1. The molecule has 1 N–H and O–H groups in total. The van der Waals surface area contributed by atoms with Crippen molar-refractivity contribution in [3.63, 3.8) is 0 Å². The minimum atomic E-state index is -4.73. The van der Waals surface area contributed by atoms with Crippen LogP contribution in [0.2, 0.25) is 0 Å². The summed E-state index contributed by atoms with van der Waals surface area (Å²) in [4.78, 5) is 11.4. The van der Waals surface area contributed by atoms with Crippen LogP contribution in [0.5, 0.6) is 5.75 Å². The van der Waals surface area contributed by atoms with Gasteiger partial charge in [-0.05, 0) is 48.0 Å². The molecule has 3 aromatic carbocycles. The highest BCUT2D eigenvalue weighted by atomic mass is 32.2. The fourth-order valence-electron chi connectivity index (χ4n) is 3.11. The molecule has 0 fully saturated rings. The van der Waals surface area contributed by atoms with Crippen LogP contribution >= 0.6 is 0 Å². The van der Waals surface area contributed by atoms with Crippen molar-refractivity contribution < 1.29 is 35.9 Å². The van der Waals surface area contributed by atoms with Gasteiger partial charge in [0.15, 0.2) is 0 Å². The number of alkyl halides is 3. The van der Waals surface area contributed by atoms with Crippen LogP contribution in [0.3, 0.4) is 0 Å². The van der Waals surface area contributed by atoms with Crippen molar-refractivity contribution in [1.29, 1.82) is 5.26 Å². The molecular formula is C23H17F3N2O5S. The molecule has 0 aliphatic rings. The van der Waals surface area contributed by atoms with Crippen LogP contribution in [-0.2, 0) is 20.9 Å². The quantitative estimate of drug-likeness (QED) is 0.496. The van der Waals surface area contributed by atoms with Crippen molar-refractivity contribution in [2.45, 2.75) is 11.1 Å². The molecule has 176 valence electrons. The van der Waals surface area contributed by atoms with Gasteiger partial charge in [-0.3, -0.25) is 4.72 Å². The minimum Gasteiger partial charge on any atom is -0.495 e. The third-order valence-corrected chi connectivity index (χ3v) is 6.18. The summed E-state index contributed by atoms with van der Waals surface area (Å²) in [7, 11) is -2.20. The molecule has 0 aliphatic carbocycles. The third kappa shape index (κ3) is 5.13. The predicted octanol–water partition coefficient (Wildman–Crippen LogP) is 4.84. The fraction of sp³-hybridized carbons (Fsp3) is 0.130. The Bertz CT molecular complexity index is 1380. The topological polar surface area (TPSA) is 105 Å². The number of rotatable bonds is 6. The lowest BCUT2D eigenvalue weighted by atomic mass is 10.0. The Hall–Kier alpha value is -4.04. The SMILES string of the molecule is COC(=O)c1ccc(OC)c(S(=O)(=O)Nc2cc(C(F)(F)F)ccc2-c2ccc(C#N)cc2)c1. The largest absolute Gasteiger partial charge is 0.495 e. The van der Waals surface area contributed by atoms with Gasteiger partial charge in [-0.1, -0.05) is 18.2 Å². The zero-order chi connectivity index (χ0) is 25.1. The Labute approximate surface area is 193 Å². The lowest BCUT2D eigenvalue weighted by Gasteiger charge is -2.17. The van der Waals surface area contributed by atoms with Crippen LogP contribution in [0.15, 0.2) is 65.6 Å². The van der Waals surface area contributed by atoms with Crippen LogP contribution in [-0.4, -0.2) is 28.6 Å². The summed E-state index contributed by atoms with van der Waals surface area (Å²) >= 11 is 0. The lowest BCUT2D eigenvalue weighted by molar-refractivity contribution is -0.137. The van der Waals surface area contributed by atoms with Gasteiger partial charge in [0.25, 0.3) is 10.0 Å². The zero-order valence-corrected chi connectivity index (χ0v) is 18.6. The number of nitrogens with one attached hydrogen (secondary N) is 1. The number of anilines is 1. The van der Waals surface area contributed by atoms with E-state index in [0.717, 1.165) is 25.3 Å². The molecule has 0 aromatic heterocycles. The van der Waals surface area contributed by atoms with E-state index in [4.69, 9.17) is 10.00 Å². The van der Waals surface area contributed by atoms with Gasteiger partial charge in [0.05, 0.1) is 42.7 Å². The molecule has 7 nitrogen and oxygen atoms in total. The standard InChI is InChI=1S/C23H17F3N2O5S/c1-32-20-10-7-16(22(29)33-2)11-21(20)34(30,31)28-19-12-17(23(24,25)26)8-9-18(19)15-5-3-14(13-27)4-6-15/h3-12,28H,1-2H3. The van der Waals surface area contributed by atoms with E-state index in [9.17, 15) is 26.4 Å². The number of esters is 1. The van der Waals surface area contributed by atoms with Gasteiger partial charge in [-0.15, -0.1) is 0 Å². The van der Waals surface area contributed by atoms with Crippen molar-refractivity contribution in [2.75, 3.05) is 18.9 Å². The molecule has 0 spiro atoms. The van der Waals surface area contributed by atoms with E-state index in [2.05, 4.69) is 9.46 Å². The van der Waals surface area contributed by atoms with E-state index < -0.39 is 32.6 Å². The Morgan fingerprint density at radius 3 is 2.24 bits per heavy atom. The van der Waals surface area contributed by atoms with Crippen molar-refractivity contribution in [2.24, 2.45) is 0 Å². The molecule has 0 atom stereocenters. The molecule has 0 saturated carbocycles. The highest BCUT2D eigenvalue weighted by Gasteiger charge is 2.32. The maximum Gasteiger partial charge on any atom is 0.416 e. The Morgan fingerprint density at radius 2 is 1.68 bits per heavy atom. The van der Waals surface area contributed by atoms with Gasteiger partial charge in [-0.2, -0.15) is 18.4 Å². The molecule has 0 aliphatic heterocycles. The van der Waals surface area contributed by atoms with Crippen molar-refractivity contribution in [1.82, 2.24) is 0 Å². The molecule has 3 aromatic rings. The second-order valence-electron chi connectivity index (χ2n) is 6.91. The first-order valence-electron chi connectivity index (χ1n) is 9.51. The van der Waals surface area contributed by atoms with Gasteiger partial charge in [0, 0.05) is 5.56 Å². The predicted molar refractivity (Wildman–Crippen MR) is 117 cm³/mol. The van der Waals surface area contributed by atoms with Crippen LogP contribution in [0.4, 0.5) is 18.9 Å². The second kappa shape index (κ2) is 9.44. The number of carbonyl (C=O) groups is 1. The van der Waals surface area contributed by atoms with Gasteiger partial charge < -0.3 is 9.47 Å². The summed E-state index contributed by atoms with van der Waals surface area (Å²) in [6.07, 6.45) is -4.73. The highest BCUT2D eigenvalue weighted by molar-refractivity contribution is 7.92. The van der Waals surface area contributed by atoms with E-state index >= 15 is 0 Å². The van der Waals surface area contributed by atoms with E-state index in [0.29, 0.717) is 17.2 Å². The van der Waals surface area contributed by atoms with Crippen LogP contribution in [0, 0.1) is 11.3 Å². The number of nitriles is 1. The first-order valence-corrected chi connectivity index (χ1v) is 11.0. The number of halogens is 3. The number of ether oxygens (including phenoxy) is 2. The Morgan fingerprint density at radius 1 is 1.00 bits per heavy atom. The average Bonchev–Trinajstić information content (AvgIpc) is 2.82. The molecule has 0 heterocycles. The number of hydrogen-bond acceptors (Lipinski definition) is 6. The van der Waals surface area contributed by atoms with Crippen molar-refractivity contribution in [3.05, 3.63) is 77.4 Å². The first kappa shape index (κ1) is 24.6. The smallest absolute Gasteiger partial charge is 0.416 e. The van der Waals surface area contributed by atoms with Gasteiger partial charge in [-0.25, -0.2) is 13.2 Å². The third-order valence-electron chi connectivity index (χ3n) is 4.79. The van der Waals surface area contributed by atoms with E-state index in [1.54, 1.807) is 0 Å². The molecule has 3 rings (SSSR count). The van der Waals surface area contributed by atoms with Gasteiger partial charge in [0.2, 0.25) is 0 Å². The average molecular weight is 490 g/mol. The molecule has 0 bridgehead atoms. The molecule has 0 saturated heterocycles. The van der Waals surface area contributed by atoms with Crippen molar-refractivity contribution >= 4 is 21.7 Å². The number of hydrogen-bond donors (Lipinski definition) is 1. The van der Waals surface area contributed by atoms with Gasteiger partial charge >= 0.3 is 12.1 Å². The summed E-state index contributed by atoms with van der Waals surface area (Å²) in [6, 6.07) is 13.9. The number of sulfonamides is 1. The lowest BCUT2D eigenvalue weighted by Crippen LogP contribution is -2.17. The second-order valence-corrected chi connectivity index (χ2v) is 8.56. The Balaban J connectivity index is 2.16. The maximum atomic E-state index is 13.4. The number of nitrogens with zero attached hydrogens (tertiary/aromatic N) is 1. The maximum absolute atomic E-state index is 13.4. The molecular weight excluding hydrogens is 473 g/mol. The minimum absolute atomic E-state index is 0.0972. The monoisotopic (exact) mass is 490 g/mol. The zero-order valence-electron chi connectivity index (χ0n) is 17.8. The molecule has 34 heavy (non-hydrogen) atoms. The first-order chi connectivity index (χ1) is 16.0. The highest BCUT2D eigenvalue weighted by Crippen LogP contribution is 2.37. The summed E-state index contributed by atoms with van der Waals surface area (Å²) in [5, 5.41) is 8.98. The van der Waals surface area contributed by atoms with E-state index in [-0.39, 0.29) is 22.6 Å². The fourth-order valence-corrected chi connectivity index (χ4v) is 4.38. The summed E-state index contributed by atoms with van der Waals surface area (Å²) < 4.78 is 78.4. The molecule has 11 heteroatoms. The number of methoxy groups -OCH3 is 2. The number of benzene rings is 3. The molecule has 0 radical (unpaired) electrons. The van der Waals surface area contributed by atoms with Crippen molar-refractivity contribution in [3.8, 4) is 22.9 Å². The summed E-state index contributed by atoms with van der Waals surface area (Å²) in [6.45, 7) is 0. The van der Waals surface area contributed by atoms with Gasteiger partial charge in [0.1, 0.15) is 10.6 Å². The normalized spacial score (nSPS) is 11.4. The molecule has 0 unspecified atom stereocenters. The Kier molecular flexibility index (Phi) is 6.83.